The molecule has 0 saturated carbocycles. The first-order valence-corrected chi connectivity index (χ1v) is 11.0. The quantitative estimate of drug-likeness (QED) is 0.269. The third kappa shape index (κ3) is 7.41. The van der Waals surface area contributed by atoms with Gasteiger partial charge >= 0.3 is 18.3 Å². The zero-order chi connectivity index (χ0) is 29.0. The Bertz CT molecular complexity index is 1490. The number of carboxylic acid groups (broad SMARTS) is 1. The zero-order valence-electron chi connectivity index (χ0n) is 19.2. The summed E-state index contributed by atoms with van der Waals surface area (Å²) in [5, 5.41) is 10.7. The van der Waals surface area contributed by atoms with Gasteiger partial charge in [-0.3, -0.25) is 14.8 Å². The standard InChI is InChI=1S/C23H14ClF4N3O.C2HF3O2/c24-17-9-11-29-19-8-5-14(12-16(17)19)22(32)31-20(21-18(25)2-1-10-30-21)13-3-6-15(7-4-13)23(26,27)28;3-2(4,5)1(6)7/h1-12,20H,(H,31,32);(H,6,7)/t20-;/m0./s1. The van der Waals surface area contributed by atoms with Crippen LogP contribution in [0.4, 0.5) is 30.7 Å². The Morgan fingerprint density at radius 3 is 2.10 bits per heavy atom. The highest BCUT2D eigenvalue weighted by Gasteiger charge is 2.38. The van der Waals surface area contributed by atoms with Crippen molar-refractivity contribution >= 4 is 34.4 Å². The predicted octanol–water partition coefficient (Wildman–Crippen LogP) is 6.59. The lowest BCUT2D eigenvalue weighted by molar-refractivity contribution is -0.192. The maximum absolute atomic E-state index is 14.5. The molecule has 4 aromatic rings. The molecule has 6 nitrogen and oxygen atoms in total. The van der Waals surface area contributed by atoms with Crippen LogP contribution in [0.3, 0.4) is 0 Å². The second-order valence-corrected chi connectivity index (χ2v) is 8.13. The van der Waals surface area contributed by atoms with Crippen molar-refractivity contribution in [3.05, 3.63) is 106 Å². The minimum atomic E-state index is -5.08. The molecule has 0 unspecified atom stereocenters. The van der Waals surface area contributed by atoms with Gasteiger partial charge in [0.25, 0.3) is 5.91 Å². The Balaban J connectivity index is 0.000000532. The van der Waals surface area contributed by atoms with Crippen LogP contribution in [0, 0.1) is 5.82 Å². The first kappa shape index (κ1) is 29.3. The van der Waals surface area contributed by atoms with E-state index in [9.17, 15) is 35.5 Å². The number of alkyl halides is 6. The van der Waals surface area contributed by atoms with E-state index >= 15 is 0 Å². The minimum absolute atomic E-state index is 0.124. The number of carboxylic acids is 1. The maximum Gasteiger partial charge on any atom is 0.490 e. The molecule has 0 radical (unpaired) electrons. The molecule has 0 spiro atoms. The summed E-state index contributed by atoms with van der Waals surface area (Å²) in [5.41, 5.74) is 0.0692. The highest BCUT2D eigenvalue weighted by molar-refractivity contribution is 6.35. The molecule has 2 aromatic carbocycles. The number of rotatable bonds is 4. The van der Waals surface area contributed by atoms with Gasteiger partial charge in [0.05, 0.1) is 22.1 Å². The molecule has 0 aliphatic carbocycles. The number of halogens is 8. The molecular weight excluding hydrogens is 559 g/mol. The van der Waals surface area contributed by atoms with Gasteiger partial charge in [-0.25, -0.2) is 9.18 Å². The van der Waals surface area contributed by atoms with E-state index in [1.165, 1.54) is 36.7 Å². The number of pyridine rings is 2. The summed E-state index contributed by atoms with van der Waals surface area (Å²) in [6, 6.07) is 11.8. The predicted molar refractivity (Wildman–Crippen MR) is 125 cm³/mol. The summed E-state index contributed by atoms with van der Waals surface area (Å²) >= 11 is 6.18. The van der Waals surface area contributed by atoms with Crippen molar-refractivity contribution < 1.29 is 45.4 Å². The second-order valence-electron chi connectivity index (χ2n) is 7.72. The van der Waals surface area contributed by atoms with E-state index in [4.69, 9.17) is 21.5 Å². The first-order chi connectivity index (χ1) is 18.2. The van der Waals surface area contributed by atoms with E-state index in [1.807, 2.05) is 0 Å². The Hall–Kier alpha value is -4.26. The number of benzene rings is 2. The Morgan fingerprint density at radius 2 is 1.54 bits per heavy atom. The van der Waals surface area contributed by atoms with Crippen molar-refractivity contribution in [2.75, 3.05) is 0 Å². The summed E-state index contributed by atoms with van der Waals surface area (Å²) in [6.45, 7) is 0. The van der Waals surface area contributed by atoms with Crippen LogP contribution in [0.5, 0.6) is 0 Å². The Labute approximate surface area is 220 Å². The highest BCUT2D eigenvalue weighted by atomic mass is 35.5. The van der Waals surface area contributed by atoms with Crippen LogP contribution < -0.4 is 5.32 Å². The fourth-order valence-electron chi connectivity index (χ4n) is 3.25. The van der Waals surface area contributed by atoms with Crippen LogP contribution in [0.15, 0.2) is 73.1 Å². The number of amides is 1. The van der Waals surface area contributed by atoms with E-state index in [0.29, 0.717) is 15.9 Å². The number of carbonyl (C=O) groups is 2. The van der Waals surface area contributed by atoms with Gasteiger partial charge < -0.3 is 10.4 Å². The van der Waals surface area contributed by atoms with E-state index in [-0.39, 0.29) is 16.8 Å². The van der Waals surface area contributed by atoms with E-state index in [2.05, 4.69) is 15.3 Å². The number of nitrogens with one attached hydrogen (secondary N) is 1. The van der Waals surface area contributed by atoms with Crippen LogP contribution in [0.25, 0.3) is 10.9 Å². The summed E-state index contributed by atoms with van der Waals surface area (Å²) in [4.78, 5) is 30.0. The van der Waals surface area contributed by atoms with Crippen LogP contribution in [-0.4, -0.2) is 33.1 Å². The Kier molecular flexibility index (Phi) is 8.74. The molecule has 39 heavy (non-hydrogen) atoms. The molecule has 1 amide bonds. The number of aliphatic carboxylic acids is 1. The molecule has 0 saturated heterocycles. The molecule has 0 aliphatic heterocycles. The lowest BCUT2D eigenvalue weighted by Crippen LogP contribution is -2.30. The van der Waals surface area contributed by atoms with Gasteiger partial charge in [0.2, 0.25) is 0 Å². The van der Waals surface area contributed by atoms with Gasteiger partial charge in [-0.05, 0) is 54.1 Å². The Morgan fingerprint density at radius 1 is 0.897 bits per heavy atom. The van der Waals surface area contributed by atoms with E-state index in [1.54, 1.807) is 18.2 Å². The number of carbonyl (C=O) groups excluding carboxylic acids is 1. The smallest absolute Gasteiger partial charge is 0.475 e. The van der Waals surface area contributed by atoms with Crippen molar-refractivity contribution in [3.63, 3.8) is 0 Å². The normalized spacial score (nSPS) is 12.3. The monoisotopic (exact) mass is 573 g/mol. The average Bonchev–Trinajstić information content (AvgIpc) is 2.87. The molecule has 204 valence electrons. The van der Waals surface area contributed by atoms with Crippen molar-refractivity contribution in [1.82, 2.24) is 15.3 Å². The van der Waals surface area contributed by atoms with Crippen molar-refractivity contribution in [1.29, 1.82) is 0 Å². The molecule has 0 fully saturated rings. The average molecular weight is 574 g/mol. The fourth-order valence-corrected chi connectivity index (χ4v) is 3.46. The van der Waals surface area contributed by atoms with Crippen molar-refractivity contribution in [3.8, 4) is 0 Å². The van der Waals surface area contributed by atoms with E-state index < -0.39 is 41.7 Å². The molecule has 2 aromatic heterocycles. The number of aromatic nitrogens is 2. The summed E-state index contributed by atoms with van der Waals surface area (Å²) in [6.07, 6.45) is -6.73. The molecule has 14 heteroatoms. The first-order valence-electron chi connectivity index (χ1n) is 10.6. The number of hydrogen-bond donors (Lipinski definition) is 2. The SMILES string of the molecule is O=C(N[C@@H](c1ccc(C(F)(F)F)cc1)c1ncccc1F)c1ccc2nccc(Cl)c2c1.O=C(O)C(F)(F)F. The van der Waals surface area contributed by atoms with Crippen LogP contribution in [0.2, 0.25) is 5.02 Å². The summed E-state index contributed by atoms with van der Waals surface area (Å²) < 4.78 is 85.0. The molecule has 4 rings (SSSR count). The lowest BCUT2D eigenvalue weighted by Gasteiger charge is -2.20. The molecule has 2 heterocycles. The van der Waals surface area contributed by atoms with Gasteiger partial charge in [0.1, 0.15) is 11.5 Å². The molecule has 2 N–H and O–H groups in total. The van der Waals surface area contributed by atoms with Gasteiger partial charge in [-0.2, -0.15) is 26.3 Å². The third-order valence-electron chi connectivity index (χ3n) is 5.10. The number of hydrogen-bond acceptors (Lipinski definition) is 4. The van der Waals surface area contributed by atoms with Crippen molar-refractivity contribution in [2.45, 2.75) is 18.4 Å². The third-order valence-corrected chi connectivity index (χ3v) is 5.43. The molecule has 1 atom stereocenters. The van der Waals surface area contributed by atoms with Crippen LogP contribution in [-0.2, 0) is 11.0 Å². The molecular formula is C25H15ClF7N3O3. The fraction of sp³-hybridized carbons (Fsp3) is 0.120. The number of nitrogens with zero attached hydrogens (tertiary/aromatic N) is 2. The summed E-state index contributed by atoms with van der Waals surface area (Å²) in [7, 11) is 0. The number of fused-ring (bicyclic) bond motifs is 1. The van der Waals surface area contributed by atoms with Crippen molar-refractivity contribution in [2.24, 2.45) is 0 Å². The zero-order valence-corrected chi connectivity index (χ0v) is 19.9. The largest absolute Gasteiger partial charge is 0.490 e. The van der Waals surface area contributed by atoms with Gasteiger partial charge in [-0.15, -0.1) is 0 Å². The molecule has 0 bridgehead atoms. The van der Waals surface area contributed by atoms with Gasteiger partial charge in [-0.1, -0.05) is 23.7 Å². The van der Waals surface area contributed by atoms with Crippen LogP contribution >= 0.6 is 11.6 Å². The van der Waals surface area contributed by atoms with Crippen LogP contribution in [0.1, 0.15) is 33.2 Å². The second kappa shape index (κ2) is 11.6. The summed E-state index contributed by atoms with van der Waals surface area (Å²) in [5.74, 6) is -4.04. The van der Waals surface area contributed by atoms with Gasteiger partial charge in [0.15, 0.2) is 0 Å². The highest BCUT2D eigenvalue weighted by Crippen LogP contribution is 2.31. The van der Waals surface area contributed by atoms with Gasteiger partial charge in [0, 0.05) is 23.3 Å². The maximum atomic E-state index is 14.5. The minimum Gasteiger partial charge on any atom is -0.475 e. The van der Waals surface area contributed by atoms with E-state index in [0.717, 1.165) is 18.2 Å². The molecule has 0 aliphatic rings. The lowest BCUT2D eigenvalue weighted by atomic mass is 10.00. The topological polar surface area (TPSA) is 92.2 Å².